The molecule has 9 heteroatoms. The van der Waals surface area contributed by atoms with Crippen LogP contribution in [0.1, 0.15) is 12.5 Å². The Balaban J connectivity index is 2.01. The van der Waals surface area contributed by atoms with E-state index in [4.69, 9.17) is 4.74 Å². The van der Waals surface area contributed by atoms with E-state index in [1.807, 2.05) is 0 Å². The van der Waals surface area contributed by atoms with Crippen molar-refractivity contribution in [2.24, 2.45) is 0 Å². The number of aromatic amines is 1. The number of phenols is 1. The van der Waals surface area contributed by atoms with Crippen LogP contribution in [0.4, 0.5) is 0 Å². The van der Waals surface area contributed by atoms with E-state index in [1.54, 1.807) is 37.3 Å². The Kier molecular flexibility index (Phi) is 5.69. The van der Waals surface area contributed by atoms with Crippen LogP contribution in [-0.2, 0) is 0 Å². The fourth-order valence-corrected chi connectivity index (χ4v) is 4.30. The first kappa shape index (κ1) is 19.6. The largest absolute Gasteiger partial charge is 0.507 e. The van der Waals surface area contributed by atoms with E-state index in [1.165, 1.54) is 0 Å². The molecule has 138 valence electrons. The first-order chi connectivity index (χ1) is 12.8. The van der Waals surface area contributed by atoms with Crippen LogP contribution in [0.3, 0.4) is 0 Å². The van der Waals surface area contributed by atoms with Gasteiger partial charge in [0.15, 0.2) is 5.75 Å². The third kappa shape index (κ3) is 4.24. The summed E-state index contributed by atoms with van der Waals surface area (Å²) in [4.78, 5) is 25.3. The van der Waals surface area contributed by atoms with E-state index in [-0.39, 0.29) is 5.75 Å². The second-order valence-corrected chi connectivity index (χ2v) is 7.98. The van der Waals surface area contributed by atoms with E-state index in [0.717, 1.165) is 23.6 Å². The zero-order valence-corrected chi connectivity index (χ0v) is 18.3. The Morgan fingerprint density at radius 3 is 2.48 bits per heavy atom. The van der Waals surface area contributed by atoms with Crippen LogP contribution in [0.25, 0.3) is 11.3 Å². The molecule has 0 amide bonds. The number of halogens is 2. The molecule has 0 radical (unpaired) electrons. The van der Waals surface area contributed by atoms with Gasteiger partial charge >= 0.3 is 5.69 Å². The smallest absolute Gasteiger partial charge is 0.349 e. The number of ether oxygens (including phenoxy) is 1. The summed E-state index contributed by atoms with van der Waals surface area (Å²) in [6, 6.07) is 8.38. The van der Waals surface area contributed by atoms with Crippen molar-refractivity contribution in [3.05, 3.63) is 76.6 Å². The molecule has 2 aromatic carbocycles. The fourth-order valence-electron chi connectivity index (χ4n) is 2.34. The summed E-state index contributed by atoms with van der Waals surface area (Å²) in [5.74, 6) is 1.29. The minimum absolute atomic E-state index is 0.137. The van der Waals surface area contributed by atoms with Crippen molar-refractivity contribution in [2.45, 2.75) is 6.92 Å². The Morgan fingerprint density at radius 1 is 1.22 bits per heavy atom. The first-order valence-corrected chi connectivity index (χ1v) is 9.77. The Morgan fingerprint density at radius 2 is 1.89 bits per heavy atom. The normalized spacial score (nSPS) is 10.6. The number of H-pyrrole nitrogens is 1. The van der Waals surface area contributed by atoms with Crippen LogP contribution in [-0.4, -0.2) is 19.9 Å². The summed E-state index contributed by atoms with van der Waals surface area (Å²) in [7, 11) is 0. The SMILES string of the molecule is C=C(C)c1cc(Oc2c(I)cc(-n3ncc(=O)[nH]c3=O)cc2I)ccc1O. The van der Waals surface area contributed by atoms with Crippen molar-refractivity contribution in [3.8, 4) is 22.9 Å². The minimum atomic E-state index is -0.618. The van der Waals surface area contributed by atoms with Gasteiger partial charge in [0.2, 0.25) is 0 Å². The number of benzene rings is 2. The Hall–Kier alpha value is -2.15. The fraction of sp³-hybridized carbons (Fsp3) is 0.0556. The highest BCUT2D eigenvalue weighted by molar-refractivity contribution is 14.1. The van der Waals surface area contributed by atoms with Crippen LogP contribution in [0.15, 0.2) is 52.7 Å². The molecule has 0 bridgehead atoms. The second kappa shape index (κ2) is 7.84. The molecule has 27 heavy (non-hydrogen) atoms. The maximum absolute atomic E-state index is 11.9. The van der Waals surface area contributed by atoms with E-state index in [2.05, 4.69) is 61.8 Å². The molecule has 0 aliphatic heterocycles. The number of aromatic hydroxyl groups is 1. The predicted molar refractivity (Wildman–Crippen MR) is 119 cm³/mol. The third-order valence-electron chi connectivity index (χ3n) is 3.59. The average Bonchev–Trinajstić information content (AvgIpc) is 2.59. The number of phenolic OH excluding ortho intramolecular Hbond substituents is 1. The molecule has 1 aromatic heterocycles. The van der Waals surface area contributed by atoms with Gasteiger partial charge < -0.3 is 9.84 Å². The van der Waals surface area contributed by atoms with Gasteiger partial charge in [-0.3, -0.25) is 9.78 Å². The number of hydrogen-bond acceptors (Lipinski definition) is 5. The standard InChI is InChI=1S/C18H13I2N3O4/c1-9(2)12-7-11(3-4-15(12)24)27-17-13(19)5-10(6-14(17)20)23-18(26)22-16(25)8-21-23/h3-8,24H,1H2,2H3,(H,22,25,26). The van der Waals surface area contributed by atoms with Gasteiger partial charge in [-0.05, 0) is 88.0 Å². The van der Waals surface area contributed by atoms with E-state index in [0.29, 0.717) is 22.7 Å². The second-order valence-electron chi connectivity index (χ2n) is 5.65. The summed E-state index contributed by atoms with van der Waals surface area (Å²) in [5.41, 5.74) is 0.665. The molecule has 0 spiro atoms. The monoisotopic (exact) mass is 589 g/mol. The summed E-state index contributed by atoms with van der Waals surface area (Å²) in [6.45, 7) is 5.65. The lowest BCUT2D eigenvalue weighted by atomic mass is 10.1. The maximum atomic E-state index is 11.9. The van der Waals surface area contributed by atoms with E-state index < -0.39 is 11.2 Å². The molecule has 0 unspecified atom stereocenters. The molecule has 0 saturated heterocycles. The molecule has 0 saturated carbocycles. The number of rotatable bonds is 4. The van der Waals surface area contributed by atoms with Gasteiger partial charge in [0.05, 0.1) is 12.8 Å². The van der Waals surface area contributed by atoms with Gasteiger partial charge in [-0.1, -0.05) is 6.58 Å². The van der Waals surface area contributed by atoms with Gasteiger partial charge in [0.25, 0.3) is 5.56 Å². The maximum Gasteiger partial charge on any atom is 0.349 e. The van der Waals surface area contributed by atoms with Gasteiger partial charge in [-0.25, -0.2) is 4.79 Å². The highest BCUT2D eigenvalue weighted by Crippen LogP contribution is 2.36. The molecule has 7 nitrogen and oxygen atoms in total. The van der Waals surface area contributed by atoms with Gasteiger partial charge in [0.1, 0.15) is 17.7 Å². The van der Waals surface area contributed by atoms with Crippen molar-refractivity contribution in [1.29, 1.82) is 0 Å². The number of nitrogens with zero attached hydrogens (tertiary/aromatic N) is 2. The minimum Gasteiger partial charge on any atom is -0.507 e. The van der Waals surface area contributed by atoms with Crippen molar-refractivity contribution in [2.75, 3.05) is 0 Å². The van der Waals surface area contributed by atoms with Gasteiger partial charge in [-0.2, -0.15) is 9.78 Å². The van der Waals surface area contributed by atoms with Gasteiger partial charge in [-0.15, -0.1) is 0 Å². The summed E-state index contributed by atoms with van der Waals surface area (Å²) in [6.07, 6.45) is 1.04. The average molecular weight is 589 g/mol. The molecule has 3 aromatic rings. The molecule has 3 rings (SSSR count). The van der Waals surface area contributed by atoms with Crippen LogP contribution in [0.5, 0.6) is 17.2 Å². The van der Waals surface area contributed by atoms with E-state index in [9.17, 15) is 14.7 Å². The zero-order valence-electron chi connectivity index (χ0n) is 14.0. The number of allylic oxidation sites excluding steroid dienone is 1. The lowest BCUT2D eigenvalue weighted by molar-refractivity contribution is 0.460. The lowest BCUT2D eigenvalue weighted by Crippen LogP contribution is -2.30. The first-order valence-electron chi connectivity index (χ1n) is 7.61. The van der Waals surface area contributed by atoms with E-state index >= 15 is 0 Å². The Bertz CT molecular complexity index is 1140. The summed E-state index contributed by atoms with van der Waals surface area (Å²) in [5, 5.41) is 13.8. The summed E-state index contributed by atoms with van der Waals surface area (Å²) >= 11 is 4.20. The molecule has 0 atom stereocenters. The lowest BCUT2D eigenvalue weighted by Gasteiger charge is -2.14. The highest BCUT2D eigenvalue weighted by Gasteiger charge is 2.14. The van der Waals surface area contributed by atoms with Crippen molar-refractivity contribution in [3.63, 3.8) is 0 Å². The molecule has 0 aliphatic carbocycles. The van der Waals surface area contributed by atoms with Crippen molar-refractivity contribution in [1.82, 2.24) is 14.8 Å². The van der Waals surface area contributed by atoms with Gasteiger partial charge in [0, 0.05) is 5.56 Å². The predicted octanol–water partition coefficient (Wildman–Crippen LogP) is 3.66. The van der Waals surface area contributed by atoms with Crippen molar-refractivity contribution >= 4 is 50.8 Å². The van der Waals surface area contributed by atoms with Crippen molar-refractivity contribution < 1.29 is 9.84 Å². The summed E-state index contributed by atoms with van der Waals surface area (Å²) < 4.78 is 8.60. The topological polar surface area (TPSA) is 97.2 Å². The number of hydrogen-bond donors (Lipinski definition) is 2. The number of aromatic nitrogens is 3. The van der Waals surface area contributed by atoms with Crippen LogP contribution < -0.4 is 16.0 Å². The molecule has 0 aliphatic rings. The third-order valence-corrected chi connectivity index (χ3v) is 5.19. The molecule has 0 fully saturated rings. The van der Waals surface area contributed by atoms with Crippen LogP contribution in [0, 0.1) is 7.14 Å². The molecule has 2 N–H and O–H groups in total. The quantitative estimate of drug-likeness (QED) is 0.454. The zero-order chi connectivity index (χ0) is 19.7. The van der Waals surface area contributed by atoms with Crippen LogP contribution in [0.2, 0.25) is 0 Å². The van der Waals surface area contributed by atoms with Crippen LogP contribution >= 0.6 is 45.2 Å². The number of nitrogens with one attached hydrogen (secondary N) is 1. The Labute approximate surface area is 181 Å². The molecular weight excluding hydrogens is 576 g/mol. The highest BCUT2D eigenvalue weighted by atomic mass is 127. The molecular formula is C18H13I2N3O4. The molecule has 1 heterocycles.